The van der Waals surface area contributed by atoms with Gasteiger partial charge in [0, 0.05) is 5.92 Å². The summed E-state index contributed by atoms with van der Waals surface area (Å²) in [6.07, 6.45) is 6.59. The van der Waals surface area contributed by atoms with E-state index < -0.39 is 0 Å². The first-order valence-corrected chi connectivity index (χ1v) is 5.31. The average Bonchev–Trinajstić information content (AvgIpc) is 2.61. The summed E-state index contributed by atoms with van der Waals surface area (Å²) < 4.78 is 4.82. The van der Waals surface area contributed by atoms with Crippen LogP contribution in [0.3, 0.4) is 0 Å². The second-order valence-corrected chi connectivity index (χ2v) is 4.05. The topological polar surface area (TPSA) is 43.1 Å². The summed E-state index contributed by atoms with van der Waals surface area (Å²) in [5, 5.41) is 4.00. The molecule has 1 aromatic heterocycles. The van der Waals surface area contributed by atoms with Crippen molar-refractivity contribution in [3.8, 4) is 0 Å². The van der Waals surface area contributed by atoms with Gasteiger partial charge in [-0.05, 0) is 24.4 Å². The Hall–Kier alpha value is -0.830. The van der Waals surface area contributed by atoms with Crippen molar-refractivity contribution < 1.29 is 9.32 Å². The molecule has 0 aromatic carbocycles. The molecule has 0 unspecified atom stereocenters. The van der Waals surface area contributed by atoms with Gasteiger partial charge in [0.05, 0.1) is 11.3 Å². The third-order valence-electron chi connectivity index (χ3n) is 2.82. The highest BCUT2D eigenvalue weighted by atomic mass is 35.5. The van der Waals surface area contributed by atoms with Crippen molar-refractivity contribution in [1.82, 2.24) is 5.16 Å². The lowest BCUT2D eigenvalue weighted by Gasteiger charge is -2.19. The molecular formula is C10H12ClNO2. The number of carbonyl (C=O) groups excluding carboxylic acids is 1. The molecule has 0 spiro atoms. The lowest BCUT2D eigenvalue weighted by atomic mass is 9.86. The zero-order valence-corrected chi connectivity index (χ0v) is 8.59. The lowest BCUT2D eigenvalue weighted by Crippen LogP contribution is -2.06. The molecule has 0 amide bonds. The minimum atomic E-state index is 0.126. The summed E-state index contributed by atoms with van der Waals surface area (Å²) in [6.45, 7) is 0. The van der Waals surface area contributed by atoms with Crippen molar-refractivity contribution in [3.05, 3.63) is 16.5 Å². The van der Waals surface area contributed by atoms with Crippen LogP contribution in [0.5, 0.6) is 0 Å². The van der Waals surface area contributed by atoms with Crippen LogP contribution in [-0.2, 0) is 0 Å². The maximum atomic E-state index is 10.8. The van der Waals surface area contributed by atoms with Gasteiger partial charge in [0.2, 0.25) is 5.22 Å². The van der Waals surface area contributed by atoms with Crippen molar-refractivity contribution in [2.24, 2.45) is 0 Å². The summed E-state index contributed by atoms with van der Waals surface area (Å²) in [4.78, 5) is 10.8. The highest BCUT2D eigenvalue weighted by Crippen LogP contribution is 2.35. The van der Waals surface area contributed by atoms with Crippen molar-refractivity contribution in [3.63, 3.8) is 0 Å². The first-order chi connectivity index (χ1) is 6.83. The highest BCUT2D eigenvalue weighted by Gasteiger charge is 2.24. The molecular weight excluding hydrogens is 202 g/mol. The number of hydrogen-bond acceptors (Lipinski definition) is 3. The second kappa shape index (κ2) is 4.13. The Kier molecular flexibility index (Phi) is 2.87. The fourth-order valence-electron chi connectivity index (χ4n) is 2.07. The fourth-order valence-corrected chi connectivity index (χ4v) is 2.24. The van der Waals surface area contributed by atoms with Gasteiger partial charge < -0.3 is 4.52 Å². The molecule has 0 aliphatic heterocycles. The first kappa shape index (κ1) is 9.71. The van der Waals surface area contributed by atoms with Crippen LogP contribution in [-0.4, -0.2) is 11.4 Å². The molecule has 3 nitrogen and oxygen atoms in total. The summed E-state index contributed by atoms with van der Waals surface area (Å²) in [5.41, 5.74) is 1.20. The normalized spacial score (nSPS) is 18.4. The molecule has 1 saturated carbocycles. The largest absolute Gasteiger partial charge is 0.343 e. The Labute approximate surface area is 87.4 Å². The van der Waals surface area contributed by atoms with Gasteiger partial charge in [-0.3, -0.25) is 4.79 Å². The van der Waals surface area contributed by atoms with Crippen LogP contribution in [0.1, 0.15) is 54.1 Å². The number of halogens is 1. The molecule has 0 radical (unpaired) electrons. The molecule has 4 heteroatoms. The van der Waals surface area contributed by atoms with E-state index in [-0.39, 0.29) is 5.22 Å². The monoisotopic (exact) mass is 213 g/mol. The van der Waals surface area contributed by atoms with Crippen LogP contribution in [0.2, 0.25) is 5.22 Å². The fraction of sp³-hybridized carbons (Fsp3) is 0.600. The molecule has 1 aliphatic carbocycles. The van der Waals surface area contributed by atoms with E-state index in [9.17, 15) is 4.79 Å². The number of aldehydes is 1. The molecule has 1 aliphatic rings. The van der Waals surface area contributed by atoms with Crippen molar-refractivity contribution >= 4 is 17.9 Å². The molecule has 76 valence electrons. The number of carbonyl (C=O) groups is 1. The van der Waals surface area contributed by atoms with Gasteiger partial charge in [-0.25, -0.2) is 0 Å². The molecule has 1 fully saturated rings. The third-order valence-corrected chi connectivity index (χ3v) is 3.09. The van der Waals surface area contributed by atoms with Crippen molar-refractivity contribution in [1.29, 1.82) is 0 Å². The van der Waals surface area contributed by atoms with Gasteiger partial charge in [0.15, 0.2) is 6.29 Å². The Balaban J connectivity index is 2.25. The number of nitrogens with zero attached hydrogens (tertiary/aromatic N) is 1. The average molecular weight is 214 g/mol. The summed E-state index contributed by atoms with van der Waals surface area (Å²) in [5.74, 6) is 0.361. The molecule has 0 N–H and O–H groups in total. The van der Waals surface area contributed by atoms with Gasteiger partial charge in [-0.1, -0.05) is 24.4 Å². The highest BCUT2D eigenvalue weighted by molar-refractivity contribution is 6.31. The molecule has 0 atom stereocenters. The van der Waals surface area contributed by atoms with E-state index in [0.717, 1.165) is 24.8 Å². The smallest absolute Gasteiger partial charge is 0.236 e. The molecule has 14 heavy (non-hydrogen) atoms. The summed E-state index contributed by atoms with van der Waals surface area (Å²) in [7, 11) is 0. The number of hydrogen-bond donors (Lipinski definition) is 0. The Bertz CT molecular complexity index is 329. The maximum absolute atomic E-state index is 10.8. The van der Waals surface area contributed by atoms with Gasteiger partial charge in [0.25, 0.3) is 0 Å². The van der Waals surface area contributed by atoms with E-state index in [1.807, 2.05) is 0 Å². The predicted molar refractivity (Wildman–Crippen MR) is 52.7 cm³/mol. The van der Waals surface area contributed by atoms with Crippen molar-refractivity contribution in [2.45, 2.75) is 38.0 Å². The van der Waals surface area contributed by atoms with E-state index in [2.05, 4.69) is 5.16 Å². The van der Waals surface area contributed by atoms with Crippen molar-refractivity contribution in [2.75, 3.05) is 0 Å². The molecule has 0 saturated heterocycles. The Morgan fingerprint density at radius 2 is 2.07 bits per heavy atom. The quantitative estimate of drug-likeness (QED) is 0.709. The Morgan fingerprint density at radius 1 is 1.36 bits per heavy atom. The summed E-state index contributed by atoms with van der Waals surface area (Å²) >= 11 is 5.70. The van der Waals surface area contributed by atoms with E-state index in [0.29, 0.717) is 11.5 Å². The van der Waals surface area contributed by atoms with E-state index in [1.54, 1.807) is 0 Å². The summed E-state index contributed by atoms with van der Waals surface area (Å²) in [6, 6.07) is 0. The first-order valence-electron chi connectivity index (χ1n) is 4.93. The molecule has 2 rings (SSSR count). The molecule has 0 bridgehead atoms. The van der Waals surface area contributed by atoms with Gasteiger partial charge in [-0.2, -0.15) is 0 Å². The zero-order chi connectivity index (χ0) is 9.97. The van der Waals surface area contributed by atoms with Crippen LogP contribution in [0.25, 0.3) is 0 Å². The standard InChI is InChI=1S/C10H12ClNO2/c11-10-8(6-13)9(12-14-10)7-4-2-1-3-5-7/h6-7H,1-5H2. The molecule has 1 aromatic rings. The van der Waals surface area contributed by atoms with Gasteiger partial charge in [0.1, 0.15) is 0 Å². The number of rotatable bonds is 2. The van der Waals surface area contributed by atoms with E-state index in [4.69, 9.17) is 16.1 Å². The van der Waals surface area contributed by atoms with Crippen LogP contribution in [0, 0.1) is 0 Å². The minimum Gasteiger partial charge on any atom is -0.343 e. The third kappa shape index (κ3) is 1.69. The van der Waals surface area contributed by atoms with E-state index >= 15 is 0 Å². The minimum absolute atomic E-state index is 0.126. The Morgan fingerprint density at radius 3 is 2.71 bits per heavy atom. The second-order valence-electron chi connectivity index (χ2n) is 3.71. The lowest BCUT2D eigenvalue weighted by molar-refractivity contribution is 0.112. The van der Waals surface area contributed by atoms with Gasteiger partial charge in [-0.15, -0.1) is 0 Å². The van der Waals surface area contributed by atoms with Gasteiger partial charge >= 0.3 is 0 Å². The molecule has 1 heterocycles. The number of aromatic nitrogens is 1. The van der Waals surface area contributed by atoms with Crippen LogP contribution in [0.15, 0.2) is 4.52 Å². The SMILES string of the molecule is O=Cc1c(C2CCCCC2)noc1Cl. The van der Waals surface area contributed by atoms with Crippen LogP contribution < -0.4 is 0 Å². The van der Waals surface area contributed by atoms with Crippen LogP contribution >= 0.6 is 11.6 Å². The van der Waals surface area contributed by atoms with E-state index in [1.165, 1.54) is 19.3 Å². The predicted octanol–water partition coefficient (Wildman–Crippen LogP) is 3.19. The maximum Gasteiger partial charge on any atom is 0.236 e. The van der Waals surface area contributed by atoms with Crippen LogP contribution in [0.4, 0.5) is 0 Å². The zero-order valence-electron chi connectivity index (χ0n) is 7.83.